The van der Waals surface area contributed by atoms with Gasteiger partial charge in [0, 0.05) is 13.0 Å². The van der Waals surface area contributed by atoms with Gasteiger partial charge in [-0.25, -0.2) is 4.79 Å². The van der Waals surface area contributed by atoms with Crippen LogP contribution in [-0.4, -0.2) is 29.8 Å². The lowest BCUT2D eigenvalue weighted by Crippen LogP contribution is -2.62. The third-order valence-electron chi connectivity index (χ3n) is 1.84. The first-order chi connectivity index (χ1) is 8.20. The molecule has 112 valence electrons. The standard InChI is InChI=1S/C9H8F8O2/c1-3-4-5(18)19-9(16,17)8(14,15)7(12,13)6(2,10)11/h3-4H,1-2H3/b4-3+. The van der Waals surface area contributed by atoms with Crippen LogP contribution >= 0.6 is 0 Å². The molecule has 0 aliphatic carbocycles. The molecule has 0 aromatic rings. The summed E-state index contributed by atoms with van der Waals surface area (Å²) < 4.78 is 104. The van der Waals surface area contributed by atoms with E-state index in [4.69, 9.17) is 0 Å². The molecule has 0 aromatic carbocycles. The molecule has 0 unspecified atom stereocenters. The van der Waals surface area contributed by atoms with E-state index in [1.54, 1.807) is 0 Å². The molecule has 0 spiro atoms. The molecule has 0 amide bonds. The fourth-order valence-corrected chi connectivity index (χ4v) is 0.819. The van der Waals surface area contributed by atoms with Crippen LogP contribution in [0, 0.1) is 0 Å². The van der Waals surface area contributed by atoms with Crippen LogP contribution in [0.2, 0.25) is 0 Å². The molecule has 0 saturated heterocycles. The monoisotopic (exact) mass is 300 g/mol. The number of alkyl halides is 8. The molecule has 0 N–H and O–H groups in total. The molecule has 2 nitrogen and oxygen atoms in total. The molecule has 0 fully saturated rings. The number of carbonyl (C=O) groups is 1. The highest BCUT2D eigenvalue weighted by Crippen LogP contribution is 2.52. The molecular formula is C9H8F8O2. The van der Waals surface area contributed by atoms with Crippen LogP contribution in [0.4, 0.5) is 35.1 Å². The molecule has 0 saturated carbocycles. The highest BCUT2D eigenvalue weighted by atomic mass is 19.4. The number of allylic oxidation sites excluding steroid dienone is 1. The lowest BCUT2D eigenvalue weighted by molar-refractivity contribution is -0.413. The van der Waals surface area contributed by atoms with E-state index in [1.807, 2.05) is 0 Å². The van der Waals surface area contributed by atoms with Crippen molar-refractivity contribution >= 4 is 5.97 Å². The number of hydrogen-bond donors (Lipinski definition) is 0. The van der Waals surface area contributed by atoms with E-state index in [-0.39, 0.29) is 6.08 Å². The van der Waals surface area contributed by atoms with Crippen LogP contribution < -0.4 is 0 Å². The molecule has 0 heterocycles. The summed E-state index contributed by atoms with van der Waals surface area (Å²) in [6, 6.07) is 0. The summed E-state index contributed by atoms with van der Waals surface area (Å²) in [6.45, 7) is 0.455. The normalized spacial score (nSPS) is 14.8. The summed E-state index contributed by atoms with van der Waals surface area (Å²) in [6.07, 6.45) is -5.08. The Balaban J connectivity index is 5.45. The quantitative estimate of drug-likeness (QED) is 0.440. The molecule has 0 radical (unpaired) electrons. The second kappa shape index (κ2) is 4.97. The van der Waals surface area contributed by atoms with Crippen molar-refractivity contribution in [3.05, 3.63) is 12.2 Å². The Kier molecular flexibility index (Phi) is 4.62. The zero-order chi connectivity index (χ0) is 15.7. The second-order valence-corrected chi connectivity index (χ2v) is 3.48. The maximum absolute atomic E-state index is 12.8. The van der Waals surface area contributed by atoms with E-state index in [1.165, 1.54) is 0 Å². The van der Waals surface area contributed by atoms with Crippen LogP contribution in [0.1, 0.15) is 13.8 Å². The lowest BCUT2D eigenvalue weighted by Gasteiger charge is -2.34. The number of esters is 1. The Morgan fingerprint density at radius 1 is 0.947 bits per heavy atom. The smallest absolute Gasteiger partial charge is 0.393 e. The Hall–Kier alpha value is -1.35. The van der Waals surface area contributed by atoms with Gasteiger partial charge in [0.1, 0.15) is 0 Å². The van der Waals surface area contributed by atoms with Gasteiger partial charge in [-0.05, 0) is 6.92 Å². The maximum Gasteiger partial charge on any atom is 0.473 e. The number of hydrogen-bond acceptors (Lipinski definition) is 2. The second-order valence-electron chi connectivity index (χ2n) is 3.48. The van der Waals surface area contributed by atoms with Crippen LogP contribution in [-0.2, 0) is 9.53 Å². The number of ether oxygens (including phenoxy) is 1. The van der Waals surface area contributed by atoms with Gasteiger partial charge < -0.3 is 4.74 Å². The highest BCUT2D eigenvalue weighted by molar-refractivity contribution is 5.82. The summed E-state index contributed by atoms with van der Waals surface area (Å²) in [5.74, 6) is -20.5. The van der Waals surface area contributed by atoms with Crippen molar-refractivity contribution in [3.8, 4) is 0 Å². The van der Waals surface area contributed by atoms with Gasteiger partial charge >= 0.3 is 29.8 Å². The van der Waals surface area contributed by atoms with E-state index in [9.17, 15) is 39.9 Å². The van der Waals surface area contributed by atoms with Gasteiger partial charge in [0.15, 0.2) is 0 Å². The molecular weight excluding hydrogens is 292 g/mol. The molecule has 0 bridgehead atoms. The molecule has 10 heteroatoms. The van der Waals surface area contributed by atoms with Crippen LogP contribution in [0.25, 0.3) is 0 Å². The van der Waals surface area contributed by atoms with E-state index in [2.05, 4.69) is 4.74 Å². The lowest BCUT2D eigenvalue weighted by atomic mass is 10.1. The van der Waals surface area contributed by atoms with Gasteiger partial charge in [-0.2, -0.15) is 35.1 Å². The Bertz CT molecular complexity index is 369. The molecule has 0 aliphatic rings. The van der Waals surface area contributed by atoms with Gasteiger partial charge in [-0.15, -0.1) is 0 Å². The van der Waals surface area contributed by atoms with Crippen LogP contribution in [0.5, 0.6) is 0 Å². The minimum atomic E-state index is -6.59. The van der Waals surface area contributed by atoms with Gasteiger partial charge in [0.2, 0.25) is 0 Å². The molecule has 0 aliphatic heterocycles. The minimum absolute atomic E-state index is 0.228. The zero-order valence-corrected chi connectivity index (χ0v) is 9.49. The molecule has 0 aromatic heterocycles. The van der Waals surface area contributed by atoms with Crippen molar-refractivity contribution in [2.75, 3.05) is 0 Å². The molecule has 19 heavy (non-hydrogen) atoms. The third kappa shape index (κ3) is 3.16. The topological polar surface area (TPSA) is 26.3 Å². The van der Waals surface area contributed by atoms with Gasteiger partial charge in [0.25, 0.3) is 0 Å². The van der Waals surface area contributed by atoms with Crippen LogP contribution in [0.3, 0.4) is 0 Å². The first-order valence-corrected chi connectivity index (χ1v) is 4.57. The maximum atomic E-state index is 12.8. The van der Waals surface area contributed by atoms with Gasteiger partial charge in [-0.1, -0.05) is 6.08 Å². The van der Waals surface area contributed by atoms with Gasteiger partial charge in [-0.3, -0.25) is 0 Å². The molecule has 0 rings (SSSR count). The van der Waals surface area contributed by atoms with Crippen molar-refractivity contribution in [1.82, 2.24) is 0 Å². The van der Waals surface area contributed by atoms with E-state index in [0.717, 1.165) is 13.0 Å². The predicted octanol–water partition coefficient (Wildman–Crippen LogP) is 3.62. The van der Waals surface area contributed by atoms with Crippen molar-refractivity contribution in [1.29, 1.82) is 0 Å². The van der Waals surface area contributed by atoms with Gasteiger partial charge in [0.05, 0.1) is 0 Å². The fraction of sp³-hybridized carbons (Fsp3) is 0.667. The van der Waals surface area contributed by atoms with Crippen molar-refractivity contribution in [2.24, 2.45) is 0 Å². The van der Waals surface area contributed by atoms with Crippen molar-refractivity contribution < 1.29 is 44.7 Å². The number of carbonyl (C=O) groups excluding carboxylic acids is 1. The summed E-state index contributed by atoms with van der Waals surface area (Å²) in [5, 5.41) is 0. The third-order valence-corrected chi connectivity index (χ3v) is 1.84. The van der Waals surface area contributed by atoms with Crippen molar-refractivity contribution in [3.63, 3.8) is 0 Å². The van der Waals surface area contributed by atoms with E-state index >= 15 is 0 Å². The molecule has 0 atom stereocenters. The minimum Gasteiger partial charge on any atom is -0.393 e. The number of rotatable bonds is 5. The summed E-state index contributed by atoms with van der Waals surface area (Å²) in [5.41, 5.74) is 0. The highest BCUT2D eigenvalue weighted by Gasteiger charge is 2.81. The summed E-state index contributed by atoms with van der Waals surface area (Å²) in [7, 11) is 0. The van der Waals surface area contributed by atoms with E-state index < -0.39 is 36.8 Å². The predicted molar refractivity (Wildman–Crippen MR) is 46.4 cm³/mol. The van der Waals surface area contributed by atoms with E-state index in [0.29, 0.717) is 0 Å². The van der Waals surface area contributed by atoms with Crippen molar-refractivity contribution in [2.45, 2.75) is 37.7 Å². The number of halogens is 8. The average Bonchev–Trinajstić information content (AvgIpc) is 2.14. The largest absolute Gasteiger partial charge is 0.473 e. The SMILES string of the molecule is C/C=C/C(=O)OC(F)(F)C(F)(F)C(F)(F)C(C)(F)F. The average molecular weight is 300 g/mol. The Morgan fingerprint density at radius 2 is 1.37 bits per heavy atom. The first kappa shape index (κ1) is 17.6. The fourth-order valence-electron chi connectivity index (χ4n) is 0.819. The van der Waals surface area contributed by atoms with Crippen LogP contribution in [0.15, 0.2) is 12.2 Å². The zero-order valence-electron chi connectivity index (χ0n) is 9.49. The summed E-state index contributed by atoms with van der Waals surface area (Å²) >= 11 is 0. The Morgan fingerprint density at radius 3 is 1.68 bits per heavy atom. The first-order valence-electron chi connectivity index (χ1n) is 4.57. The summed E-state index contributed by atoms with van der Waals surface area (Å²) in [4.78, 5) is 10.5. The Labute approximate surface area is 102 Å².